The second-order valence-electron chi connectivity index (χ2n) is 6.35. The Labute approximate surface area is 149 Å². The summed E-state index contributed by atoms with van der Waals surface area (Å²) in [5, 5.41) is 11.7. The van der Waals surface area contributed by atoms with Gasteiger partial charge in [-0.15, -0.1) is 0 Å². The average Bonchev–Trinajstić information content (AvgIpc) is 2.50. The lowest BCUT2D eigenvalue weighted by Gasteiger charge is -2.26. The fraction of sp³-hybridized carbons (Fsp3) is 0.529. The third-order valence-corrected chi connectivity index (χ3v) is 5.65. The molecule has 0 aliphatic carbocycles. The highest BCUT2D eigenvalue weighted by molar-refractivity contribution is 7.89. The van der Waals surface area contributed by atoms with Crippen LogP contribution in [0.2, 0.25) is 0 Å². The number of rotatable bonds is 9. The average molecular weight is 370 g/mol. The van der Waals surface area contributed by atoms with Gasteiger partial charge in [0.25, 0.3) is 0 Å². The SMILES string of the molecule is CC(=O)NCCN(C(C)C(=O)O)S(=O)(=O)c1ccc(CC(C)C)cc1. The lowest BCUT2D eigenvalue weighted by Crippen LogP contribution is -2.46. The predicted octanol–water partition coefficient (Wildman–Crippen LogP) is 1.49. The van der Waals surface area contributed by atoms with E-state index in [2.05, 4.69) is 19.2 Å². The van der Waals surface area contributed by atoms with Crippen molar-refractivity contribution >= 4 is 21.9 Å². The van der Waals surface area contributed by atoms with Crippen molar-refractivity contribution in [3.63, 3.8) is 0 Å². The molecule has 2 N–H and O–H groups in total. The molecule has 7 nitrogen and oxygen atoms in total. The van der Waals surface area contributed by atoms with E-state index in [1.165, 1.54) is 26.0 Å². The number of carboxylic acid groups (broad SMARTS) is 1. The Morgan fingerprint density at radius 1 is 1.16 bits per heavy atom. The van der Waals surface area contributed by atoms with E-state index in [9.17, 15) is 23.1 Å². The molecule has 0 saturated heterocycles. The van der Waals surface area contributed by atoms with E-state index in [0.29, 0.717) is 5.92 Å². The number of aliphatic carboxylic acids is 1. The fourth-order valence-corrected chi connectivity index (χ4v) is 3.98. The fourth-order valence-electron chi connectivity index (χ4n) is 2.39. The number of amides is 1. The number of carbonyl (C=O) groups excluding carboxylic acids is 1. The van der Waals surface area contributed by atoms with E-state index in [-0.39, 0.29) is 23.9 Å². The number of carbonyl (C=O) groups is 2. The largest absolute Gasteiger partial charge is 0.480 e. The maximum absolute atomic E-state index is 12.8. The molecule has 140 valence electrons. The van der Waals surface area contributed by atoms with Crippen LogP contribution in [0.15, 0.2) is 29.2 Å². The van der Waals surface area contributed by atoms with Gasteiger partial charge in [-0.05, 0) is 37.0 Å². The molecule has 1 atom stereocenters. The van der Waals surface area contributed by atoms with Crippen molar-refractivity contribution in [1.82, 2.24) is 9.62 Å². The van der Waals surface area contributed by atoms with Crippen molar-refractivity contribution in [2.45, 2.75) is 45.1 Å². The van der Waals surface area contributed by atoms with Crippen LogP contribution in [-0.2, 0) is 26.0 Å². The second-order valence-corrected chi connectivity index (χ2v) is 8.25. The molecule has 0 spiro atoms. The number of nitrogens with zero attached hydrogens (tertiary/aromatic N) is 1. The summed E-state index contributed by atoms with van der Waals surface area (Å²) >= 11 is 0. The van der Waals surface area contributed by atoms with Crippen molar-refractivity contribution in [3.8, 4) is 0 Å². The Balaban J connectivity index is 3.08. The van der Waals surface area contributed by atoms with Crippen LogP contribution < -0.4 is 5.32 Å². The molecule has 8 heteroatoms. The van der Waals surface area contributed by atoms with Crippen LogP contribution in [0.3, 0.4) is 0 Å². The van der Waals surface area contributed by atoms with Gasteiger partial charge in [0, 0.05) is 20.0 Å². The summed E-state index contributed by atoms with van der Waals surface area (Å²) in [6, 6.07) is 5.23. The summed E-state index contributed by atoms with van der Waals surface area (Å²) in [5.41, 5.74) is 1.02. The van der Waals surface area contributed by atoms with E-state index in [1.54, 1.807) is 12.1 Å². The van der Waals surface area contributed by atoms with Gasteiger partial charge in [0.15, 0.2) is 0 Å². The Hall–Kier alpha value is -1.93. The summed E-state index contributed by atoms with van der Waals surface area (Å²) in [6.45, 7) is 6.68. The maximum atomic E-state index is 12.8. The zero-order chi connectivity index (χ0) is 19.2. The van der Waals surface area contributed by atoms with Crippen LogP contribution in [0.25, 0.3) is 0 Å². The third kappa shape index (κ3) is 6.13. The zero-order valence-electron chi connectivity index (χ0n) is 15.0. The monoisotopic (exact) mass is 370 g/mol. The smallest absolute Gasteiger partial charge is 0.321 e. The van der Waals surface area contributed by atoms with Crippen LogP contribution >= 0.6 is 0 Å². The molecular weight excluding hydrogens is 344 g/mol. The van der Waals surface area contributed by atoms with E-state index >= 15 is 0 Å². The molecule has 0 saturated carbocycles. The van der Waals surface area contributed by atoms with Crippen molar-refractivity contribution in [2.75, 3.05) is 13.1 Å². The predicted molar refractivity (Wildman–Crippen MR) is 94.7 cm³/mol. The summed E-state index contributed by atoms with van der Waals surface area (Å²) in [6.07, 6.45) is 0.831. The highest BCUT2D eigenvalue weighted by Crippen LogP contribution is 2.20. The van der Waals surface area contributed by atoms with Crippen molar-refractivity contribution in [1.29, 1.82) is 0 Å². The van der Waals surface area contributed by atoms with Gasteiger partial charge < -0.3 is 10.4 Å². The quantitative estimate of drug-likeness (QED) is 0.685. The molecule has 1 rings (SSSR count). The molecule has 1 unspecified atom stereocenters. The Bertz CT molecular complexity index is 698. The lowest BCUT2D eigenvalue weighted by molar-refractivity contribution is -0.140. The molecule has 0 aliphatic heterocycles. The van der Waals surface area contributed by atoms with E-state index in [4.69, 9.17) is 0 Å². The molecule has 0 aliphatic rings. The number of hydrogen-bond donors (Lipinski definition) is 2. The van der Waals surface area contributed by atoms with Gasteiger partial charge in [0.1, 0.15) is 6.04 Å². The standard InChI is InChI=1S/C17H26N2O5S/c1-12(2)11-15-5-7-16(8-6-15)25(23,24)19(13(3)17(21)22)10-9-18-14(4)20/h5-8,12-13H,9-11H2,1-4H3,(H,18,20)(H,21,22). The second kappa shape index (κ2) is 8.96. The number of hydrogen-bond acceptors (Lipinski definition) is 4. The van der Waals surface area contributed by atoms with Crippen molar-refractivity contribution in [3.05, 3.63) is 29.8 Å². The van der Waals surface area contributed by atoms with Gasteiger partial charge in [-0.3, -0.25) is 9.59 Å². The number of carboxylic acids is 1. The van der Waals surface area contributed by atoms with Gasteiger partial charge in [0.05, 0.1) is 4.90 Å². The summed E-state index contributed by atoms with van der Waals surface area (Å²) in [4.78, 5) is 22.3. The van der Waals surface area contributed by atoms with E-state index in [0.717, 1.165) is 16.3 Å². The van der Waals surface area contributed by atoms with Gasteiger partial charge >= 0.3 is 5.97 Å². The molecule has 25 heavy (non-hydrogen) atoms. The van der Waals surface area contributed by atoms with E-state index < -0.39 is 22.0 Å². The Kier molecular flexibility index (Phi) is 7.57. The minimum Gasteiger partial charge on any atom is -0.480 e. The Morgan fingerprint density at radius 2 is 1.72 bits per heavy atom. The molecule has 0 heterocycles. The molecule has 0 aromatic heterocycles. The van der Waals surface area contributed by atoms with E-state index in [1.807, 2.05) is 0 Å². The minimum absolute atomic E-state index is 0.0379. The normalized spacial score (nSPS) is 13.0. The first kappa shape index (κ1) is 21.1. The summed E-state index contributed by atoms with van der Waals surface area (Å²) in [7, 11) is -3.99. The minimum atomic E-state index is -3.99. The molecule has 0 radical (unpaired) electrons. The molecule has 1 aromatic rings. The van der Waals surface area contributed by atoms with Gasteiger partial charge in [-0.2, -0.15) is 4.31 Å². The van der Waals surface area contributed by atoms with Crippen LogP contribution in [0.4, 0.5) is 0 Å². The first-order valence-electron chi connectivity index (χ1n) is 8.13. The number of nitrogens with one attached hydrogen (secondary N) is 1. The Morgan fingerprint density at radius 3 is 2.16 bits per heavy atom. The molecular formula is C17H26N2O5S. The zero-order valence-corrected chi connectivity index (χ0v) is 15.8. The molecule has 1 amide bonds. The topological polar surface area (TPSA) is 104 Å². The maximum Gasteiger partial charge on any atom is 0.321 e. The van der Waals surface area contributed by atoms with Crippen molar-refractivity contribution < 1.29 is 23.1 Å². The van der Waals surface area contributed by atoms with Gasteiger partial charge in [0.2, 0.25) is 15.9 Å². The van der Waals surface area contributed by atoms with Gasteiger partial charge in [-0.25, -0.2) is 8.42 Å². The number of benzene rings is 1. The third-order valence-electron chi connectivity index (χ3n) is 3.67. The highest BCUT2D eigenvalue weighted by Gasteiger charge is 2.32. The molecule has 0 fully saturated rings. The van der Waals surface area contributed by atoms with Crippen LogP contribution in [-0.4, -0.2) is 48.8 Å². The molecule has 0 bridgehead atoms. The molecule has 1 aromatic carbocycles. The number of sulfonamides is 1. The summed E-state index contributed by atoms with van der Waals surface area (Å²) < 4.78 is 26.6. The van der Waals surface area contributed by atoms with Crippen LogP contribution in [0, 0.1) is 5.92 Å². The summed E-state index contributed by atoms with van der Waals surface area (Å²) in [5.74, 6) is -1.11. The van der Waals surface area contributed by atoms with Crippen LogP contribution in [0.5, 0.6) is 0 Å². The van der Waals surface area contributed by atoms with Crippen LogP contribution in [0.1, 0.15) is 33.3 Å². The van der Waals surface area contributed by atoms with Crippen molar-refractivity contribution in [2.24, 2.45) is 5.92 Å². The first-order valence-corrected chi connectivity index (χ1v) is 9.57. The highest BCUT2D eigenvalue weighted by atomic mass is 32.2. The lowest BCUT2D eigenvalue weighted by atomic mass is 10.0. The van der Waals surface area contributed by atoms with Gasteiger partial charge in [-0.1, -0.05) is 26.0 Å². The first-order chi connectivity index (χ1) is 11.6.